The van der Waals surface area contributed by atoms with Gasteiger partial charge in [-0.2, -0.15) is 0 Å². The lowest BCUT2D eigenvalue weighted by Gasteiger charge is -2.11. The second kappa shape index (κ2) is 4.70. The first-order valence-electron chi connectivity index (χ1n) is 5.14. The predicted octanol–water partition coefficient (Wildman–Crippen LogP) is 1.59. The molecule has 2 heterocycles. The summed E-state index contributed by atoms with van der Waals surface area (Å²) < 4.78 is 5.50. The average Bonchev–Trinajstić information content (AvgIpc) is 2.57. The van der Waals surface area contributed by atoms with Crippen LogP contribution in [0.25, 0.3) is 0 Å². The molecule has 1 fully saturated rings. The molecule has 1 saturated heterocycles. The minimum absolute atomic E-state index is 0.167. The van der Waals surface area contributed by atoms with Crippen molar-refractivity contribution in [1.29, 1.82) is 0 Å². The molecule has 0 aliphatic carbocycles. The maximum atomic E-state index is 11.3. The maximum Gasteiger partial charge on any atom is 0.232 e. The van der Waals surface area contributed by atoms with Crippen molar-refractivity contribution in [3.05, 3.63) is 23.4 Å². The number of pyridine rings is 1. The average molecular weight is 241 g/mol. The SMILES string of the molecule is CN1CC(COc2ncccc2Cl)CC1=O. The normalized spacial score (nSPS) is 20.2. The molecule has 16 heavy (non-hydrogen) atoms. The molecule has 86 valence electrons. The van der Waals surface area contributed by atoms with Gasteiger partial charge in [0.05, 0.1) is 6.61 Å². The number of rotatable bonds is 3. The number of hydrogen-bond acceptors (Lipinski definition) is 3. The standard InChI is InChI=1S/C11H13ClN2O2/c1-14-6-8(5-10(14)15)7-16-11-9(12)3-2-4-13-11/h2-4,8H,5-7H2,1H3. The van der Waals surface area contributed by atoms with Crippen LogP contribution in [-0.2, 0) is 4.79 Å². The van der Waals surface area contributed by atoms with E-state index < -0.39 is 0 Å². The Kier molecular flexibility index (Phi) is 3.29. The Hall–Kier alpha value is -1.29. The van der Waals surface area contributed by atoms with Crippen molar-refractivity contribution in [2.75, 3.05) is 20.2 Å². The summed E-state index contributed by atoms with van der Waals surface area (Å²) >= 11 is 5.90. The van der Waals surface area contributed by atoms with E-state index in [4.69, 9.17) is 16.3 Å². The van der Waals surface area contributed by atoms with Crippen molar-refractivity contribution >= 4 is 17.5 Å². The van der Waals surface area contributed by atoms with Gasteiger partial charge >= 0.3 is 0 Å². The summed E-state index contributed by atoms with van der Waals surface area (Å²) in [5.74, 6) is 0.836. The fourth-order valence-corrected chi connectivity index (χ4v) is 1.92. The number of ether oxygens (including phenoxy) is 1. The van der Waals surface area contributed by atoms with Gasteiger partial charge in [-0.3, -0.25) is 4.79 Å². The van der Waals surface area contributed by atoms with Crippen molar-refractivity contribution in [3.8, 4) is 5.88 Å². The summed E-state index contributed by atoms with van der Waals surface area (Å²) in [6, 6.07) is 3.48. The number of likely N-dealkylation sites (tertiary alicyclic amines) is 1. The molecule has 1 aliphatic heterocycles. The van der Waals surface area contributed by atoms with Crippen LogP contribution in [0.15, 0.2) is 18.3 Å². The van der Waals surface area contributed by atoms with Gasteiger partial charge in [0.2, 0.25) is 11.8 Å². The van der Waals surface area contributed by atoms with E-state index in [1.165, 1.54) is 0 Å². The van der Waals surface area contributed by atoms with E-state index in [0.717, 1.165) is 6.54 Å². The lowest BCUT2D eigenvalue weighted by molar-refractivity contribution is -0.126. The number of carbonyl (C=O) groups is 1. The molecule has 0 bridgehead atoms. The van der Waals surface area contributed by atoms with E-state index in [0.29, 0.717) is 23.9 Å². The van der Waals surface area contributed by atoms with Gasteiger partial charge < -0.3 is 9.64 Å². The number of aromatic nitrogens is 1. The first-order valence-corrected chi connectivity index (χ1v) is 5.52. The van der Waals surface area contributed by atoms with Gasteiger partial charge in [0.25, 0.3) is 0 Å². The zero-order valence-corrected chi connectivity index (χ0v) is 9.78. The molecule has 1 atom stereocenters. The molecule has 1 amide bonds. The van der Waals surface area contributed by atoms with Gasteiger partial charge in [0, 0.05) is 32.1 Å². The fourth-order valence-electron chi connectivity index (χ4n) is 1.74. The molecule has 2 rings (SSSR count). The Morgan fingerprint density at radius 2 is 2.50 bits per heavy atom. The smallest absolute Gasteiger partial charge is 0.232 e. The van der Waals surface area contributed by atoms with Crippen LogP contribution in [0.4, 0.5) is 0 Å². The van der Waals surface area contributed by atoms with E-state index in [1.54, 1.807) is 30.3 Å². The van der Waals surface area contributed by atoms with Gasteiger partial charge in [-0.25, -0.2) is 4.98 Å². The van der Waals surface area contributed by atoms with E-state index in [1.807, 2.05) is 0 Å². The number of hydrogen-bond donors (Lipinski definition) is 0. The highest BCUT2D eigenvalue weighted by Crippen LogP contribution is 2.22. The highest BCUT2D eigenvalue weighted by Gasteiger charge is 2.27. The highest BCUT2D eigenvalue weighted by molar-refractivity contribution is 6.31. The van der Waals surface area contributed by atoms with E-state index in [-0.39, 0.29) is 11.8 Å². The Labute approximate surface area is 99.2 Å². The Balaban J connectivity index is 1.89. The van der Waals surface area contributed by atoms with Crippen molar-refractivity contribution in [2.45, 2.75) is 6.42 Å². The molecule has 5 heteroatoms. The summed E-state index contributed by atoms with van der Waals surface area (Å²) in [4.78, 5) is 17.0. The molecule has 1 unspecified atom stereocenters. The molecule has 0 aromatic carbocycles. The van der Waals surface area contributed by atoms with Crippen molar-refractivity contribution in [2.24, 2.45) is 5.92 Å². The van der Waals surface area contributed by atoms with Gasteiger partial charge in [0.1, 0.15) is 5.02 Å². The summed E-state index contributed by atoms with van der Waals surface area (Å²) in [6.45, 7) is 1.22. The number of nitrogens with zero attached hydrogens (tertiary/aromatic N) is 2. The second-order valence-corrected chi connectivity index (χ2v) is 4.35. The van der Waals surface area contributed by atoms with Crippen LogP contribution in [0.2, 0.25) is 5.02 Å². The summed E-state index contributed by atoms with van der Waals surface area (Å²) in [7, 11) is 1.80. The van der Waals surface area contributed by atoms with E-state index in [2.05, 4.69) is 4.98 Å². The third-order valence-corrected chi connectivity index (χ3v) is 2.89. The molecular weight excluding hydrogens is 228 g/mol. The van der Waals surface area contributed by atoms with Crippen LogP contribution in [-0.4, -0.2) is 36.0 Å². The van der Waals surface area contributed by atoms with Gasteiger partial charge in [0.15, 0.2) is 0 Å². The number of halogens is 1. The minimum Gasteiger partial charge on any atom is -0.476 e. The zero-order chi connectivity index (χ0) is 11.5. The molecule has 4 nitrogen and oxygen atoms in total. The minimum atomic E-state index is 0.167. The van der Waals surface area contributed by atoms with Crippen LogP contribution in [0.1, 0.15) is 6.42 Å². The molecule has 0 N–H and O–H groups in total. The molecular formula is C11H13ClN2O2. The van der Waals surface area contributed by atoms with E-state index >= 15 is 0 Å². The Bertz CT molecular complexity index is 397. The van der Waals surface area contributed by atoms with Gasteiger partial charge in [-0.1, -0.05) is 11.6 Å². The summed E-state index contributed by atoms with van der Waals surface area (Å²) in [5.41, 5.74) is 0. The monoisotopic (exact) mass is 240 g/mol. The third-order valence-electron chi connectivity index (χ3n) is 2.60. The Morgan fingerprint density at radius 1 is 1.69 bits per heavy atom. The first kappa shape index (κ1) is 11.2. The largest absolute Gasteiger partial charge is 0.476 e. The van der Waals surface area contributed by atoms with Crippen LogP contribution < -0.4 is 4.74 Å². The van der Waals surface area contributed by atoms with Gasteiger partial charge in [-0.05, 0) is 12.1 Å². The summed E-state index contributed by atoms with van der Waals surface area (Å²) in [5, 5.41) is 0.500. The van der Waals surface area contributed by atoms with E-state index in [9.17, 15) is 4.79 Å². The molecule has 0 saturated carbocycles. The third kappa shape index (κ3) is 2.44. The van der Waals surface area contributed by atoms with Crippen molar-refractivity contribution in [1.82, 2.24) is 9.88 Å². The zero-order valence-electron chi connectivity index (χ0n) is 9.02. The second-order valence-electron chi connectivity index (χ2n) is 3.95. The lowest BCUT2D eigenvalue weighted by Crippen LogP contribution is -2.20. The molecule has 1 aromatic rings. The molecule has 0 radical (unpaired) electrons. The number of carbonyl (C=O) groups excluding carboxylic acids is 1. The Morgan fingerprint density at radius 3 is 3.12 bits per heavy atom. The van der Waals surface area contributed by atoms with Crippen LogP contribution >= 0.6 is 11.6 Å². The first-order chi connectivity index (χ1) is 7.66. The van der Waals surface area contributed by atoms with Crippen LogP contribution in [0, 0.1) is 5.92 Å². The lowest BCUT2D eigenvalue weighted by atomic mass is 10.1. The predicted molar refractivity (Wildman–Crippen MR) is 60.5 cm³/mol. The maximum absolute atomic E-state index is 11.3. The topological polar surface area (TPSA) is 42.4 Å². The van der Waals surface area contributed by atoms with Crippen LogP contribution in [0.5, 0.6) is 5.88 Å². The molecule has 1 aromatic heterocycles. The summed E-state index contributed by atoms with van der Waals surface area (Å²) in [6.07, 6.45) is 2.17. The molecule has 0 spiro atoms. The van der Waals surface area contributed by atoms with Crippen molar-refractivity contribution in [3.63, 3.8) is 0 Å². The number of amides is 1. The quantitative estimate of drug-likeness (QED) is 0.806. The van der Waals surface area contributed by atoms with Gasteiger partial charge in [-0.15, -0.1) is 0 Å². The highest BCUT2D eigenvalue weighted by atomic mass is 35.5. The van der Waals surface area contributed by atoms with Crippen LogP contribution in [0.3, 0.4) is 0 Å². The fraction of sp³-hybridized carbons (Fsp3) is 0.455. The van der Waals surface area contributed by atoms with Crippen molar-refractivity contribution < 1.29 is 9.53 Å². The molecule has 1 aliphatic rings.